The van der Waals surface area contributed by atoms with Crippen LogP contribution in [-0.4, -0.2) is 46.6 Å². The molecule has 0 saturated carbocycles. The number of aryl methyl sites for hydroxylation is 4. The molecule has 10 nitrogen and oxygen atoms in total. The summed E-state index contributed by atoms with van der Waals surface area (Å²) in [7, 11) is -0.723. The average Bonchev–Trinajstić information content (AvgIpc) is 3.22. The number of hydrogen-bond donors (Lipinski definition) is 0. The molecule has 0 atom stereocenters. The number of unbranched alkanes of at least 4 members (excludes halogenated alkanes) is 4. The Hall–Kier alpha value is -1.76. The molecule has 0 radical (unpaired) electrons. The first kappa shape index (κ1) is 32.2. The van der Waals surface area contributed by atoms with Crippen LogP contribution in [0.15, 0.2) is 24.8 Å². The number of rotatable bonds is 11. The zero-order valence-corrected chi connectivity index (χ0v) is 23.1. The number of imidazole rings is 2. The van der Waals surface area contributed by atoms with Gasteiger partial charge in [-0.2, -0.15) is 0 Å². The van der Waals surface area contributed by atoms with E-state index in [0.717, 1.165) is 0 Å². The highest BCUT2D eigenvalue weighted by Crippen LogP contribution is 2.02. The summed E-state index contributed by atoms with van der Waals surface area (Å²) in [5.41, 5.74) is 0. The second-order valence-corrected chi connectivity index (χ2v) is 11.4. The highest BCUT2D eigenvalue weighted by Gasteiger charge is 2.10. The van der Waals surface area contributed by atoms with Gasteiger partial charge in [-0.15, -0.1) is 0 Å². The number of nitrogens with zero attached hydrogens (tertiary/aromatic N) is 4. The topological polar surface area (TPSA) is 132 Å². The lowest BCUT2D eigenvalue weighted by molar-refractivity contribution is -0.678. The van der Waals surface area contributed by atoms with Crippen LogP contribution in [0.4, 0.5) is 0 Å². The van der Waals surface area contributed by atoms with Gasteiger partial charge in [0.05, 0.1) is 59.9 Å². The fourth-order valence-corrected chi connectivity index (χ4v) is 4.85. The largest absolute Gasteiger partial charge is 0.748 e. The summed E-state index contributed by atoms with van der Waals surface area (Å²) in [6.45, 7) is 4.48. The molecule has 34 heavy (non-hydrogen) atoms. The molecule has 0 N–H and O–H groups in total. The van der Waals surface area contributed by atoms with Crippen molar-refractivity contribution in [3.05, 3.63) is 36.4 Å². The molecule has 0 unspecified atom stereocenters. The van der Waals surface area contributed by atoms with Gasteiger partial charge in [0.15, 0.2) is 0 Å². The first-order valence-electron chi connectivity index (χ1n) is 11.6. The van der Waals surface area contributed by atoms with Gasteiger partial charge < -0.3 is 9.11 Å². The molecule has 2 aromatic rings. The van der Waals surface area contributed by atoms with Crippen molar-refractivity contribution in [3.8, 4) is 0 Å². The predicted molar refractivity (Wildman–Crippen MR) is 129 cm³/mol. The molecule has 0 aromatic carbocycles. The van der Waals surface area contributed by atoms with Crippen LogP contribution in [-0.2, 0) is 61.3 Å². The first-order chi connectivity index (χ1) is 15.7. The lowest BCUT2D eigenvalue weighted by Crippen LogP contribution is -2.31. The van der Waals surface area contributed by atoms with Gasteiger partial charge in [0.1, 0.15) is 24.8 Å². The molecule has 0 aliphatic carbocycles. The molecule has 2 aromatic heterocycles. The van der Waals surface area contributed by atoms with Crippen molar-refractivity contribution in [1.29, 1.82) is 0 Å². The Morgan fingerprint density at radius 2 is 1.03 bits per heavy atom. The van der Waals surface area contributed by atoms with Gasteiger partial charge in [-0.05, 0) is 12.8 Å². The van der Waals surface area contributed by atoms with E-state index < -0.39 is 31.7 Å². The third kappa shape index (κ3) is 15.2. The Morgan fingerprint density at radius 3 is 1.24 bits per heavy atom. The molecule has 0 saturated heterocycles. The first-order valence-corrected chi connectivity index (χ1v) is 14.7. The minimum Gasteiger partial charge on any atom is -0.748 e. The van der Waals surface area contributed by atoms with Crippen molar-refractivity contribution in [3.63, 3.8) is 0 Å². The van der Waals surface area contributed by atoms with Gasteiger partial charge in [0.2, 0.25) is 0 Å². The molecular formula is C22H42N4O6S2. The fraction of sp³-hybridized carbons (Fsp3) is 0.727. The maximum atomic E-state index is 9.72. The second-order valence-electron chi connectivity index (χ2n) is 8.31. The Bertz CT molecular complexity index is 920. The molecule has 198 valence electrons. The van der Waals surface area contributed by atoms with E-state index in [2.05, 4.69) is 85.1 Å². The summed E-state index contributed by atoms with van der Waals surface area (Å²) in [5.74, 6) is 0.532. The van der Waals surface area contributed by atoms with E-state index in [9.17, 15) is 25.9 Å². The summed E-state index contributed by atoms with van der Waals surface area (Å²) < 4.78 is 67.1. The van der Waals surface area contributed by atoms with E-state index in [0.29, 0.717) is 0 Å². The SMILES string of the molecule is CCCCCc1n(C)cc[n+]1C.CCCCCc1n(C)cc[n+]1C.O=S(=O)([O-])CCS(=O)(=O)[O-]. The monoisotopic (exact) mass is 522 g/mol. The minimum atomic E-state index is -4.59. The zero-order chi connectivity index (χ0) is 26.4. The van der Waals surface area contributed by atoms with E-state index in [4.69, 9.17) is 0 Å². The normalized spacial score (nSPS) is 11.4. The molecule has 0 aliphatic rings. The van der Waals surface area contributed by atoms with Crippen LogP contribution in [0, 0.1) is 0 Å². The quantitative estimate of drug-likeness (QED) is 0.248. The molecule has 0 fully saturated rings. The molecule has 2 rings (SSSR count). The molecule has 2 heterocycles. The zero-order valence-electron chi connectivity index (χ0n) is 21.4. The van der Waals surface area contributed by atoms with Crippen LogP contribution >= 0.6 is 0 Å². The van der Waals surface area contributed by atoms with Crippen LogP contribution < -0.4 is 9.13 Å². The molecule has 0 bridgehead atoms. The van der Waals surface area contributed by atoms with Gasteiger partial charge in [-0.3, -0.25) is 0 Å². The van der Waals surface area contributed by atoms with Crippen molar-refractivity contribution >= 4 is 20.2 Å². The second kappa shape index (κ2) is 16.0. The summed E-state index contributed by atoms with van der Waals surface area (Å²) in [6, 6.07) is 0. The van der Waals surface area contributed by atoms with Crippen LogP contribution in [0.25, 0.3) is 0 Å². The van der Waals surface area contributed by atoms with Crippen molar-refractivity contribution in [2.75, 3.05) is 11.5 Å². The van der Waals surface area contributed by atoms with Crippen molar-refractivity contribution in [2.45, 2.75) is 65.2 Å². The fourth-order valence-electron chi connectivity index (χ4n) is 3.22. The minimum absolute atomic E-state index is 1.15. The molecule has 12 heteroatoms. The lowest BCUT2D eigenvalue weighted by Gasteiger charge is -2.08. The third-order valence-corrected chi connectivity index (χ3v) is 6.91. The van der Waals surface area contributed by atoms with Gasteiger partial charge >= 0.3 is 0 Å². The maximum absolute atomic E-state index is 9.72. The van der Waals surface area contributed by atoms with E-state index in [-0.39, 0.29) is 0 Å². The Balaban J connectivity index is 0.000000484. The summed E-state index contributed by atoms with van der Waals surface area (Å²) >= 11 is 0. The lowest BCUT2D eigenvalue weighted by atomic mass is 10.2. The summed E-state index contributed by atoms with van der Waals surface area (Å²) in [4.78, 5) is 0. The average molecular weight is 523 g/mol. The van der Waals surface area contributed by atoms with Crippen LogP contribution in [0.5, 0.6) is 0 Å². The van der Waals surface area contributed by atoms with Gasteiger partial charge in [-0.1, -0.05) is 39.5 Å². The van der Waals surface area contributed by atoms with E-state index in [1.165, 1.54) is 63.0 Å². The van der Waals surface area contributed by atoms with Gasteiger partial charge in [0, 0.05) is 12.8 Å². The molecule has 0 amide bonds. The van der Waals surface area contributed by atoms with Crippen molar-refractivity contribution < 1.29 is 35.1 Å². The van der Waals surface area contributed by atoms with E-state index in [1.807, 2.05) is 0 Å². The Morgan fingerprint density at radius 1 is 0.706 bits per heavy atom. The predicted octanol–water partition coefficient (Wildman–Crippen LogP) is 1.24. The van der Waals surface area contributed by atoms with Crippen molar-refractivity contribution in [1.82, 2.24) is 9.13 Å². The third-order valence-electron chi connectivity index (χ3n) is 5.25. The molecular weight excluding hydrogens is 480 g/mol. The maximum Gasteiger partial charge on any atom is 0.255 e. The highest BCUT2D eigenvalue weighted by molar-refractivity contribution is 7.89. The molecule has 0 spiro atoms. The molecule has 0 aliphatic heterocycles. The van der Waals surface area contributed by atoms with Crippen LogP contribution in [0.1, 0.15) is 64.0 Å². The highest BCUT2D eigenvalue weighted by atomic mass is 32.2. The number of hydrogen-bond acceptors (Lipinski definition) is 6. The van der Waals surface area contributed by atoms with Crippen LogP contribution in [0.3, 0.4) is 0 Å². The summed E-state index contributed by atoms with van der Waals surface area (Å²) in [5, 5.41) is 0. The van der Waals surface area contributed by atoms with E-state index >= 15 is 0 Å². The Kier molecular flexibility index (Phi) is 15.2. The number of aromatic nitrogens is 4. The Labute approximate surface area is 205 Å². The summed E-state index contributed by atoms with van der Waals surface area (Å²) in [6.07, 6.45) is 18.7. The van der Waals surface area contributed by atoms with Gasteiger partial charge in [-0.25, -0.2) is 35.1 Å². The standard InChI is InChI=1S/2C10H19N2.C2H6O6S2/c2*1-4-5-6-7-10-11(2)8-9-12(10)3;3-9(4,5)1-2-10(6,7)8/h2*8-9H,4-7H2,1-3H3;1-2H2,(H,3,4,5)(H,6,7,8)/q2*+1;/p-2. The van der Waals surface area contributed by atoms with Crippen LogP contribution in [0.2, 0.25) is 0 Å². The van der Waals surface area contributed by atoms with E-state index in [1.54, 1.807) is 0 Å². The smallest absolute Gasteiger partial charge is 0.255 e. The van der Waals surface area contributed by atoms with Crippen molar-refractivity contribution in [2.24, 2.45) is 28.2 Å². The van der Waals surface area contributed by atoms with Gasteiger partial charge in [0.25, 0.3) is 11.6 Å².